The molecule has 2 aromatic carbocycles. The van der Waals surface area contributed by atoms with Gasteiger partial charge in [0.25, 0.3) is 5.91 Å². The molecule has 0 aliphatic carbocycles. The van der Waals surface area contributed by atoms with Crippen LogP contribution in [0.2, 0.25) is 10.0 Å². The molecule has 0 aromatic heterocycles. The first-order chi connectivity index (χ1) is 11.1. The van der Waals surface area contributed by atoms with Crippen molar-refractivity contribution in [3.8, 4) is 11.5 Å². The Morgan fingerprint density at radius 2 is 1.87 bits per heavy atom. The Bertz CT molecular complexity index is 734. The van der Waals surface area contributed by atoms with Crippen LogP contribution in [0, 0.1) is 0 Å². The lowest BCUT2D eigenvalue weighted by molar-refractivity contribution is 0.0951. The third kappa shape index (κ3) is 3.71. The molecule has 120 valence electrons. The molecule has 0 radical (unpaired) electrons. The van der Waals surface area contributed by atoms with Gasteiger partial charge in [0.15, 0.2) is 11.5 Å². The van der Waals surface area contributed by atoms with Gasteiger partial charge in [-0.1, -0.05) is 35.3 Å². The fourth-order valence-corrected chi connectivity index (χ4v) is 2.82. The Labute approximate surface area is 144 Å². The van der Waals surface area contributed by atoms with Crippen molar-refractivity contribution in [2.24, 2.45) is 0 Å². The lowest BCUT2D eigenvalue weighted by atomic mass is 10.1. The molecule has 1 aliphatic rings. The van der Waals surface area contributed by atoms with E-state index in [2.05, 4.69) is 5.32 Å². The predicted octanol–water partition coefficient (Wildman–Crippen LogP) is 4.08. The van der Waals surface area contributed by atoms with Crippen molar-refractivity contribution < 1.29 is 14.3 Å². The molecule has 3 rings (SSSR count). The second kappa shape index (κ2) is 7.11. The molecule has 1 heterocycles. The summed E-state index contributed by atoms with van der Waals surface area (Å²) in [5.74, 6) is 0.932. The van der Waals surface area contributed by atoms with Crippen molar-refractivity contribution in [2.45, 2.75) is 13.0 Å². The molecule has 1 amide bonds. The van der Waals surface area contributed by atoms with Gasteiger partial charge < -0.3 is 14.8 Å². The zero-order valence-electron chi connectivity index (χ0n) is 12.3. The summed E-state index contributed by atoms with van der Waals surface area (Å²) < 4.78 is 11.2. The van der Waals surface area contributed by atoms with Gasteiger partial charge in [-0.15, -0.1) is 0 Å². The van der Waals surface area contributed by atoms with Crippen molar-refractivity contribution in [2.75, 3.05) is 13.2 Å². The van der Waals surface area contributed by atoms with Crippen LogP contribution < -0.4 is 14.8 Å². The largest absolute Gasteiger partial charge is 0.489 e. The lowest BCUT2D eigenvalue weighted by Gasteiger charge is -2.12. The van der Waals surface area contributed by atoms with Crippen LogP contribution in [0.4, 0.5) is 0 Å². The fourth-order valence-electron chi connectivity index (χ4n) is 2.31. The second-order valence-corrected chi connectivity index (χ2v) is 5.93. The lowest BCUT2D eigenvalue weighted by Crippen LogP contribution is -2.23. The average molecular weight is 352 g/mol. The summed E-state index contributed by atoms with van der Waals surface area (Å²) in [4.78, 5) is 12.2. The summed E-state index contributed by atoms with van der Waals surface area (Å²) in [7, 11) is 0. The summed E-state index contributed by atoms with van der Waals surface area (Å²) in [6, 6.07) is 10.5. The smallest absolute Gasteiger partial charge is 0.253 e. The van der Waals surface area contributed by atoms with E-state index in [-0.39, 0.29) is 5.91 Å². The SMILES string of the molecule is O=C(NCc1cc(Cl)c2c(c1)OCCCO2)c1ccccc1Cl. The van der Waals surface area contributed by atoms with Crippen molar-refractivity contribution in [1.82, 2.24) is 5.32 Å². The van der Waals surface area contributed by atoms with Crippen molar-refractivity contribution in [1.29, 1.82) is 0 Å². The number of nitrogens with one attached hydrogen (secondary N) is 1. The zero-order valence-corrected chi connectivity index (χ0v) is 13.8. The summed E-state index contributed by atoms with van der Waals surface area (Å²) in [6.45, 7) is 1.48. The zero-order chi connectivity index (χ0) is 16.2. The molecule has 0 spiro atoms. The molecule has 0 saturated heterocycles. The molecule has 2 aromatic rings. The van der Waals surface area contributed by atoms with Gasteiger partial charge in [-0.3, -0.25) is 4.79 Å². The number of benzene rings is 2. The molecule has 23 heavy (non-hydrogen) atoms. The quantitative estimate of drug-likeness (QED) is 0.905. The maximum Gasteiger partial charge on any atom is 0.253 e. The van der Waals surface area contributed by atoms with Gasteiger partial charge in [-0.2, -0.15) is 0 Å². The molecule has 1 N–H and O–H groups in total. The molecule has 0 saturated carbocycles. The molecule has 4 nitrogen and oxygen atoms in total. The summed E-state index contributed by atoms with van der Waals surface area (Å²) in [5.41, 5.74) is 1.27. The van der Waals surface area contributed by atoms with Crippen LogP contribution in [0.5, 0.6) is 11.5 Å². The van der Waals surface area contributed by atoms with E-state index >= 15 is 0 Å². The van der Waals surface area contributed by atoms with E-state index in [1.807, 2.05) is 6.07 Å². The molecule has 6 heteroatoms. The van der Waals surface area contributed by atoms with E-state index in [9.17, 15) is 4.79 Å². The topological polar surface area (TPSA) is 47.6 Å². The van der Waals surface area contributed by atoms with Crippen molar-refractivity contribution >= 4 is 29.1 Å². The van der Waals surface area contributed by atoms with Gasteiger partial charge in [0, 0.05) is 13.0 Å². The van der Waals surface area contributed by atoms with E-state index in [0.717, 1.165) is 12.0 Å². The summed E-state index contributed by atoms with van der Waals surface area (Å²) in [5, 5.41) is 3.72. The third-order valence-electron chi connectivity index (χ3n) is 3.43. The third-order valence-corrected chi connectivity index (χ3v) is 4.04. The van der Waals surface area contributed by atoms with Gasteiger partial charge in [0.2, 0.25) is 0 Å². The molecule has 0 atom stereocenters. The van der Waals surface area contributed by atoms with Crippen LogP contribution in [0.3, 0.4) is 0 Å². The first-order valence-corrected chi connectivity index (χ1v) is 8.01. The van der Waals surface area contributed by atoms with Gasteiger partial charge >= 0.3 is 0 Å². The second-order valence-electron chi connectivity index (χ2n) is 5.12. The molecule has 0 unspecified atom stereocenters. The molecule has 1 aliphatic heterocycles. The van der Waals surface area contributed by atoms with Crippen LogP contribution in [-0.4, -0.2) is 19.1 Å². The summed E-state index contributed by atoms with van der Waals surface area (Å²) in [6.07, 6.45) is 0.809. The predicted molar refractivity (Wildman–Crippen MR) is 89.7 cm³/mol. The minimum atomic E-state index is -0.237. The van der Waals surface area contributed by atoms with Crippen LogP contribution in [0.1, 0.15) is 22.3 Å². The molecule has 0 bridgehead atoms. The Morgan fingerprint density at radius 1 is 1.09 bits per heavy atom. The molecular weight excluding hydrogens is 337 g/mol. The van der Waals surface area contributed by atoms with Gasteiger partial charge in [-0.25, -0.2) is 0 Å². The Balaban J connectivity index is 1.74. The van der Waals surface area contributed by atoms with E-state index in [1.165, 1.54) is 0 Å². The van der Waals surface area contributed by atoms with E-state index in [1.54, 1.807) is 30.3 Å². The average Bonchev–Trinajstić information content (AvgIpc) is 2.79. The van der Waals surface area contributed by atoms with E-state index in [0.29, 0.717) is 46.9 Å². The van der Waals surface area contributed by atoms with E-state index in [4.69, 9.17) is 32.7 Å². The number of hydrogen-bond donors (Lipinski definition) is 1. The first kappa shape index (κ1) is 16.0. The number of carbonyl (C=O) groups excluding carboxylic acids is 1. The summed E-state index contributed by atoms with van der Waals surface area (Å²) >= 11 is 12.3. The number of halogens is 2. The number of amides is 1. The highest BCUT2D eigenvalue weighted by atomic mass is 35.5. The first-order valence-electron chi connectivity index (χ1n) is 7.26. The number of rotatable bonds is 3. The van der Waals surface area contributed by atoms with Crippen LogP contribution in [-0.2, 0) is 6.54 Å². The highest BCUT2D eigenvalue weighted by molar-refractivity contribution is 6.33. The number of ether oxygens (including phenoxy) is 2. The molecule has 0 fully saturated rings. The number of carbonyl (C=O) groups is 1. The minimum absolute atomic E-state index is 0.237. The van der Waals surface area contributed by atoms with Gasteiger partial charge in [-0.05, 0) is 29.8 Å². The normalized spacial score (nSPS) is 13.3. The molecular formula is C17H15Cl2NO3. The fraction of sp³-hybridized carbons (Fsp3) is 0.235. The van der Waals surface area contributed by atoms with Crippen molar-refractivity contribution in [3.05, 3.63) is 57.6 Å². The number of fused-ring (bicyclic) bond motifs is 1. The monoisotopic (exact) mass is 351 g/mol. The van der Waals surface area contributed by atoms with Gasteiger partial charge in [0.05, 0.1) is 28.8 Å². The highest BCUT2D eigenvalue weighted by Crippen LogP contribution is 2.37. The van der Waals surface area contributed by atoms with E-state index < -0.39 is 0 Å². The van der Waals surface area contributed by atoms with Crippen molar-refractivity contribution in [3.63, 3.8) is 0 Å². The van der Waals surface area contributed by atoms with Crippen LogP contribution in [0.25, 0.3) is 0 Å². The number of hydrogen-bond acceptors (Lipinski definition) is 3. The van der Waals surface area contributed by atoms with Gasteiger partial charge in [0.1, 0.15) is 0 Å². The maximum atomic E-state index is 12.2. The minimum Gasteiger partial charge on any atom is -0.489 e. The Morgan fingerprint density at radius 3 is 2.70 bits per heavy atom. The van der Waals surface area contributed by atoms with Crippen LogP contribution in [0.15, 0.2) is 36.4 Å². The standard InChI is InChI=1S/C17H15Cl2NO3/c18-13-5-2-1-4-12(13)17(21)20-10-11-8-14(19)16-15(9-11)22-6-3-7-23-16/h1-2,4-5,8-9H,3,6-7,10H2,(H,20,21). The highest BCUT2D eigenvalue weighted by Gasteiger charge is 2.16. The Hall–Kier alpha value is -1.91. The maximum absolute atomic E-state index is 12.2. The van der Waals surface area contributed by atoms with Crippen LogP contribution >= 0.6 is 23.2 Å². The Kier molecular flexibility index (Phi) is 4.94.